The van der Waals surface area contributed by atoms with Gasteiger partial charge in [0, 0.05) is 5.57 Å². The van der Waals surface area contributed by atoms with Gasteiger partial charge in [0.1, 0.15) is 0 Å². The van der Waals surface area contributed by atoms with E-state index < -0.39 is 5.54 Å². The van der Waals surface area contributed by atoms with E-state index in [2.05, 4.69) is 31.8 Å². The zero-order valence-electron chi connectivity index (χ0n) is 15.2. The van der Waals surface area contributed by atoms with E-state index in [1.807, 2.05) is 32.0 Å². The predicted molar refractivity (Wildman–Crippen MR) is 104 cm³/mol. The van der Waals surface area contributed by atoms with Crippen LogP contribution in [-0.2, 0) is 10.3 Å². The van der Waals surface area contributed by atoms with Gasteiger partial charge in [-0.15, -0.1) is 0 Å². The van der Waals surface area contributed by atoms with Crippen molar-refractivity contribution in [3.63, 3.8) is 0 Å². The number of carbonyl (C=O) groups excluding carboxylic acids is 1. The maximum Gasteiger partial charge on any atom is 0.252 e. The molecule has 4 heteroatoms. The molecule has 0 aromatic heterocycles. The minimum absolute atomic E-state index is 0.0446. The number of nitrogens with one attached hydrogen (secondary N) is 3. The molecule has 4 nitrogen and oxygen atoms in total. The van der Waals surface area contributed by atoms with Crippen molar-refractivity contribution in [3.8, 4) is 0 Å². The van der Waals surface area contributed by atoms with Crippen molar-refractivity contribution in [2.24, 2.45) is 5.92 Å². The highest BCUT2D eigenvalue weighted by Crippen LogP contribution is 2.31. The van der Waals surface area contributed by atoms with E-state index in [4.69, 9.17) is 10.8 Å². The standard InChI is InChI=1S/C21H25N3O/c1-13(2)15-7-6-8-17(11-15)21(5,14(3)4)24-20(25)16-9-10-18(22)19(23)12-16/h6-12,14,22-23H,1H2,2-5H3,(H,24,25). The summed E-state index contributed by atoms with van der Waals surface area (Å²) in [5.74, 6) is -0.0897. The largest absolute Gasteiger partial charge is 0.343 e. The molecule has 0 radical (unpaired) electrons. The van der Waals surface area contributed by atoms with Crippen LogP contribution < -0.4 is 5.32 Å². The van der Waals surface area contributed by atoms with Crippen molar-refractivity contribution >= 4 is 22.9 Å². The van der Waals surface area contributed by atoms with E-state index in [9.17, 15) is 4.79 Å². The molecular formula is C21H25N3O. The van der Waals surface area contributed by atoms with Crippen molar-refractivity contribution < 1.29 is 4.79 Å². The normalized spacial score (nSPS) is 16.4. The van der Waals surface area contributed by atoms with Gasteiger partial charge in [0.2, 0.25) is 0 Å². The summed E-state index contributed by atoms with van der Waals surface area (Å²) in [6.07, 6.45) is 4.50. The molecule has 25 heavy (non-hydrogen) atoms. The average Bonchev–Trinajstić information content (AvgIpc) is 2.57. The first-order chi connectivity index (χ1) is 11.6. The molecule has 130 valence electrons. The van der Waals surface area contributed by atoms with E-state index >= 15 is 0 Å². The lowest BCUT2D eigenvalue weighted by Gasteiger charge is -2.36. The number of rotatable bonds is 5. The number of amides is 1. The second kappa shape index (κ2) is 7.01. The second-order valence-corrected chi connectivity index (χ2v) is 6.93. The lowest BCUT2D eigenvalue weighted by molar-refractivity contribution is -0.119. The van der Waals surface area contributed by atoms with Gasteiger partial charge in [-0.05, 0) is 55.2 Å². The smallest absolute Gasteiger partial charge is 0.252 e. The molecule has 2 rings (SSSR count). The highest BCUT2D eigenvalue weighted by molar-refractivity contribution is 6.49. The summed E-state index contributed by atoms with van der Waals surface area (Å²) in [5.41, 5.74) is 3.02. The number of hydrogen-bond donors (Lipinski definition) is 3. The van der Waals surface area contributed by atoms with Crippen LogP contribution in [0.3, 0.4) is 0 Å². The summed E-state index contributed by atoms with van der Waals surface area (Å²) < 4.78 is 0. The summed E-state index contributed by atoms with van der Waals surface area (Å²) >= 11 is 0. The third-order valence-electron chi connectivity index (χ3n) is 4.76. The van der Waals surface area contributed by atoms with Crippen LogP contribution in [0.1, 0.15) is 38.8 Å². The number of benzene rings is 1. The monoisotopic (exact) mass is 335 g/mol. The maximum atomic E-state index is 12.7. The van der Waals surface area contributed by atoms with Gasteiger partial charge in [-0.1, -0.05) is 44.2 Å². The van der Waals surface area contributed by atoms with Gasteiger partial charge in [0.25, 0.3) is 5.91 Å². The molecule has 0 saturated carbocycles. The zero-order valence-corrected chi connectivity index (χ0v) is 15.2. The Morgan fingerprint density at radius 3 is 2.44 bits per heavy atom. The summed E-state index contributed by atoms with van der Waals surface area (Å²) in [4.78, 5) is 12.7. The molecule has 0 heterocycles. The molecule has 1 aromatic rings. The van der Waals surface area contributed by atoms with Crippen LogP contribution >= 0.6 is 0 Å². The van der Waals surface area contributed by atoms with Crippen LogP contribution in [0, 0.1) is 16.7 Å². The molecule has 0 spiro atoms. The first-order valence-corrected chi connectivity index (χ1v) is 8.31. The molecule has 1 aromatic carbocycles. The van der Waals surface area contributed by atoms with Gasteiger partial charge in [-0.3, -0.25) is 15.6 Å². The van der Waals surface area contributed by atoms with E-state index in [0.29, 0.717) is 5.57 Å². The summed E-state index contributed by atoms with van der Waals surface area (Å²) in [6.45, 7) is 12.1. The third-order valence-corrected chi connectivity index (χ3v) is 4.76. The second-order valence-electron chi connectivity index (χ2n) is 6.93. The van der Waals surface area contributed by atoms with Gasteiger partial charge < -0.3 is 5.32 Å². The average molecular weight is 335 g/mol. The van der Waals surface area contributed by atoms with Crippen LogP contribution in [0.25, 0.3) is 5.57 Å². The Balaban J connectivity index is 2.36. The van der Waals surface area contributed by atoms with Gasteiger partial charge in [-0.2, -0.15) is 0 Å². The Labute approximate surface area is 149 Å². The van der Waals surface area contributed by atoms with E-state index in [0.717, 1.165) is 16.7 Å². The van der Waals surface area contributed by atoms with Crippen LogP contribution in [0.15, 0.2) is 54.6 Å². The summed E-state index contributed by atoms with van der Waals surface area (Å²) in [6, 6.07) is 8.05. The molecule has 0 aliphatic heterocycles. The minimum Gasteiger partial charge on any atom is -0.343 e. The Morgan fingerprint density at radius 1 is 1.20 bits per heavy atom. The first-order valence-electron chi connectivity index (χ1n) is 8.31. The lowest BCUT2D eigenvalue weighted by Crippen LogP contribution is -2.48. The Morgan fingerprint density at radius 2 is 1.88 bits per heavy atom. The van der Waals surface area contributed by atoms with Crippen molar-refractivity contribution in [1.29, 1.82) is 10.8 Å². The fourth-order valence-electron chi connectivity index (χ4n) is 2.65. The van der Waals surface area contributed by atoms with E-state index in [1.54, 1.807) is 6.08 Å². The summed E-state index contributed by atoms with van der Waals surface area (Å²) in [7, 11) is 0. The maximum absolute atomic E-state index is 12.7. The van der Waals surface area contributed by atoms with Gasteiger partial charge in [-0.25, -0.2) is 0 Å². The Bertz CT molecular complexity index is 814. The fourth-order valence-corrected chi connectivity index (χ4v) is 2.65. The van der Waals surface area contributed by atoms with Crippen molar-refractivity contribution in [3.05, 3.63) is 65.8 Å². The predicted octanol–water partition coefficient (Wildman–Crippen LogP) is 4.24. The highest BCUT2D eigenvalue weighted by Gasteiger charge is 2.33. The van der Waals surface area contributed by atoms with Crippen LogP contribution in [0.4, 0.5) is 0 Å². The Hall–Kier alpha value is -2.75. The van der Waals surface area contributed by atoms with Gasteiger partial charge in [0.15, 0.2) is 0 Å². The lowest BCUT2D eigenvalue weighted by atomic mass is 9.80. The first kappa shape index (κ1) is 18.6. The minimum atomic E-state index is -0.565. The van der Waals surface area contributed by atoms with Crippen LogP contribution in [0.2, 0.25) is 0 Å². The molecule has 0 bridgehead atoms. The molecule has 1 amide bonds. The molecule has 0 fully saturated rings. The van der Waals surface area contributed by atoms with Crippen molar-refractivity contribution in [2.45, 2.75) is 33.2 Å². The number of carbonyl (C=O) groups is 1. The zero-order chi connectivity index (χ0) is 18.8. The van der Waals surface area contributed by atoms with Crippen molar-refractivity contribution in [1.82, 2.24) is 5.32 Å². The van der Waals surface area contributed by atoms with Gasteiger partial charge in [0.05, 0.1) is 17.0 Å². The third kappa shape index (κ3) is 3.85. The fraction of sp³-hybridized carbons (Fsp3) is 0.286. The molecular weight excluding hydrogens is 310 g/mol. The quantitative estimate of drug-likeness (QED) is 0.691. The SMILES string of the molecule is C=C(C)c1cccc(C(C)(NC(=O)C2=CC(=N)C(=N)C=C2)C(C)C)c1. The number of allylic oxidation sites excluding steroid dienone is 3. The van der Waals surface area contributed by atoms with E-state index in [-0.39, 0.29) is 23.2 Å². The Kier molecular flexibility index (Phi) is 5.21. The molecule has 1 aliphatic rings. The topological polar surface area (TPSA) is 76.8 Å². The number of hydrogen-bond acceptors (Lipinski definition) is 3. The molecule has 0 saturated heterocycles. The summed E-state index contributed by atoms with van der Waals surface area (Å²) in [5, 5.41) is 18.4. The molecule has 1 unspecified atom stereocenters. The highest BCUT2D eigenvalue weighted by atomic mass is 16.1. The van der Waals surface area contributed by atoms with Crippen LogP contribution in [-0.4, -0.2) is 17.3 Å². The molecule has 1 aliphatic carbocycles. The van der Waals surface area contributed by atoms with Crippen molar-refractivity contribution in [2.75, 3.05) is 0 Å². The molecule has 1 atom stereocenters. The molecule has 3 N–H and O–H groups in total. The van der Waals surface area contributed by atoms with Gasteiger partial charge >= 0.3 is 0 Å². The van der Waals surface area contributed by atoms with E-state index in [1.165, 1.54) is 12.2 Å². The van der Waals surface area contributed by atoms with Crippen LogP contribution in [0.5, 0.6) is 0 Å².